The monoisotopic (exact) mass is 240 g/mol. The van der Waals surface area contributed by atoms with Gasteiger partial charge in [-0.2, -0.15) is 0 Å². The summed E-state index contributed by atoms with van der Waals surface area (Å²) < 4.78 is 5.02. The van der Waals surface area contributed by atoms with Crippen molar-refractivity contribution >= 4 is 23.5 Å². The first-order valence-electron chi connectivity index (χ1n) is 5.22. The van der Waals surface area contributed by atoms with Gasteiger partial charge in [0.25, 0.3) is 0 Å². The lowest BCUT2D eigenvalue weighted by Crippen LogP contribution is -2.08. The fraction of sp³-hybridized carbons (Fsp3) is 0.455. The van der Waals surface area contributed by atoms with E-state index < -0.39 is 0 Å². The molecule has 16 heavy (non-hydrogen) atoms. The molecule has 0 aliphatic rings. The maximum atomic E-state index is 11.3. The Hall–Kier alpha value is -1.23. The van der Waals surface area contributed by atoms with Crippen LogP contribution in [-0.4, -0.2) is 23.3 Å². The highest BCUT2D eigenvalue weighted by Gasteiger charge is 2.03. The van der Waals surface area contributed by atoms with Gasteiger partial charge in [-0.3, -0.25) is 4.79 Å². The van der Waals surface area contributed by atoms with Crippen LogP contribution in [0.3, 0.4) is 0 Å². The van der Waals surface area contributed by atoms with Gasteiger partial charge in [-0.1, -0.05) is 13.3 Å². The van der Waals surface area contributed by atoms with Gasteiger partial charge in [0.2, 0.25) is 0 Å². The van der Waals surface area contributed by atoms with Gasteiger partial charge >= 0.3 is 5.97 Å². The third kappa shape index (κ3) is 5.02. The smallest absolute Gasteiger partial charge is 0.316 e. The van der Waals surface area contributed by atoms with Crippen LogP contribution >= 0.6 is 11.8 Å². The Kier molecular flexibility index (Phi) is 5.71. The maximum Gasteiger partial charge on any atom is 0.316 e. The largest absolute Gasteiger partial charge is 0.465 e. The Bertz CT molecular complexity index is 327. The van der Waals surface area contributed by atoms with Crippen LogP contribution in [0.4, 0.5) is 5.82 Å². The quantitative estimate of drug-likeness (QED) is 0.468. The molecule has 4 nitrogen and oxygen atoms in total. The summed E-state index contributed by atoms with van der Waals surface area (Å²) in [5.74, 6) is 0.611. The van der Waals surface area contributed by atoms with Gasteiger partial charge in [0.15, 0.2) is 0 Å². The van der Waals surface area contributed by atoms with Crippen LogP contribution in [0.2, 0.25) is 0 Å². The molecular formula is C11H16N2O2S. The molecule has 0 unspecified atom stereocenters. The van der Waals surface area contributed by atoms with Crippen molar-refractivity contribution in [2.75, 3.05) is 18.1 Å². The van der Waals surface area contributed by atoms with Gasteiger partial charge in [-0.05, 0) is 18.6 Å². The molecule has 1 aromatic rings. The minimum absolute atomic E-state index is 0.185. The van der Waals surface area contributed by atoms with Crippen LogP contribution in [0, 0.1) is 0 Å². The summed E-state index contributed by atoms with van der Waals surface area (Å²) in [6.07, 6.45) is 3.60. The van der Waals surface area contributed by atoms with Gasteiger partial charge in [0, 0.05) is 11.1 Å². The minimum Gasteiger partial charge on any atom is -0.465 e. The molecule has 0 bridgehead atoms. The second-order valence-electron chi connectivity index (χ2n) is 3.28. The van der Waals surface area contributed by atoms with Gasteiger partial charge in [-0.25, -0.2) is 4.98 Å². The van der Waals surface area contributed by atoms with Crippen LogP contribution < -0.4 is 5.73 Å². The van der Waals surface area contributed by atoms with E-state index in [1.165, 1.54) is 11.8 Å². The number of rotatable bonds is 6. The predicted molar refractivity (Wildman–Crippen MR) is 65.2 cm³/mol. The fourth-order valence-electron chi connectivity index (χ4n) is 0.991. The van der Waals surface area contributed by atoms with Crippen molar-refractivity contribution in [2.24, 2.45) is 0 Å². The number of pyridine rings is 1. The summed E-state index contributed by atoms with van der Waals surface area (Å²) in [6.45, 7) is 2.57. The second kappa shape index (κ2) is 7.11. The Balaban J connectivity index is 2.23. The van der Waals surface area contributed by atoms with Gasteiger partial charge in [0.05, 0.1) is 12.4 Å². The molecule has 1 rings (SSSR count). The molecule has 2 N–H and O–H groups in total. The van der Waals surface area contributed by atoms with Gasteiger partial charge < -0.3 is 10.5 Å². The lowest BCUT2D eigenvalue weighted by atomic mass is 10.4. The molecule has 0 radical (unpaired) electrons. The van der Waals surface area contributed by atoms with Crippen LogP contribution in [0.15, 0.2) is 23.2 Å². The van der Waals surface area contributed by atoms with Crippen molar-refractivity contribution in [2.45, 2.75) is 24.7 Å². The number of carbonyl (C=O) groups excluding carboxylic acids is 1. The summed E-state index contributed by atoms with van der Waals surface area (Å²) in [5, 5.41) is 0. The first-order chi connectivity index (χ1) is 7.72. The van der Waals surface area contributed by atoms with Crippen LogP contribution in [0.25, 0.3) is 0 Å². The number of nitrogen functional groups attached to an aromatic ring is 1. The highest BCUT2D eigenvalue weighted by molar-refractivity contribution is 8.00. The zero-order chi connectivity index (χ0) is 11.8. The molecule has 0 aliphatic carbocycles. The van der Waals surface area contributed by atoms with Gasteiger partial charge in [-0.15, -0.1) is 11.8 Å². The number of carbonyl (C=O) groups is 1. The number of ether oxygens (including phenoxy) is 1. The van der Waals surface area contributed by atoms with Crippen molar-refractivity contribution in [3.8, 4) is 0 Å². The number of nitrogens with zero attached hydrogens (tertiary/aromatic N) is 1. The molecule has 5 heteroatoms. The third-order valence-electron chi connectivity index (χ3n) is 1.88. The zero-order valence-electron chi connectivity index (χ0n) is 9.31. The number of unbranched alkanes of at least 4 members (excludes halogenated alkanes) is 1. The first-order valence-corrected chi connectivity index (χ1v) is 6.21. The van der Waals surface area contributed by atoms with E-state index in [1.807, 2.05) is 6.07 Å². The lowest BCUT2D eigenvalue weighted by Gasteiger charge is -2.03. The average molecular weight is 240 g/mol. The summed E-state index contributed by atoms with van der Waals surface area (Å²) in [5.41, 5.74) is 5.45. The standard InChI is InChI=1S/C11H16N2O2S/c1-2-3-6-15-11(14)8-16-9-4-5-10(12)13-7-9/h4-5,7H,2-3,6,8H2,1H3,(H2,12,13). The highest BCUT2D eigenvalue weighted by Crippen LogP contribution is 2.17. The Morgan fingerprint density at radius 2 is 2.38 bits per heavy atom. The number of aromatic nitrogens is 1. The molecule has 0 aromatic carbocycles. The molecular weight excluding hydrogens is 224 g/mol. The summed E-state index contributed by atoms with van der Waals surface area (Å²) in [7, 11) is 0. The minimum atomic E-state index is -0.185. The molecule has 1 heterocycles. The normalized spacial score (nSPS) is 10.1. The maximum absolute atomic E-state index is 11.3. The SMILES string of the molecule is CCCCOC(=O)CSc1ccc(N)nc1. The van der Waals surface area contributed by atoms with Crippen molar-refractivity contribution < 1.29 is 9.53 Å². The molecule has 88 valence electrons. The van der Waals surface area contributed by atoms with Crippen molar-refractivity contribution in [1.29, 1.82) is 0 Å². The number of hydrogen-bond donors (Lipinski definition) is 1. The topological polar surface area (TPSA) is 65.2 Å². The molecule has 0 spiro atoms. The number of thioether (sulfide) groups is 1. The summed E-state index contributed by atoms with van der Waals surface area (Å²) in [6, 6.07) is 3.55. The highest BCUT2D eigenvalue weighted by atomic mass is 32.2. The number of esters is 1. The second-order valence-corrected chi connectivity index (χ2v) is 4.33. The molecule has 0 amide bonds. The van der Waals surface area contributed by atoms with E-state index in [0.29, 0.717) is 18.2 Å². The van der Waals surface area contributed by atoms with Crippen molar-refractivity contribution in [3.63, 3.8) is 0 Å². The molecule has 0 saturated heterocycles. The third-order valence-corrected chi connectivity index (χ3v) is 2.83. The van der Waals surface area contributed by atoms with Gasteiger partial charge in [0.1, 0.15) is 5.82 Å². The van der Waals surface area contributed by atoms with E-state index >= 15 is 0 Å². The molecule has 0 fully saturated rings. The number of anilines is 1. The molecule has 0 aliphatic heterocycles. The van der Waals surface area contributed by atoms with Crippen LogP contribution in [0.1, 0.15) is 19.8 Å². The van der Waals surface area contributed by atoms with Crippen LogP contribution in [-0.2, 0) is 9.53 Å². The van der Waals surface area contributed by atoms with E-state index in [1.54, 1.807) is 12.3 Å². The van der Waals surface area contributed by atoms with E-state index in [-0.39, 0.29) is 5.97 Å². The zero-order valence-corrected chi connectivity index (χ0v) is 10.1. The molecule has 0 saturated carbocycles. The van der Waals surface area contributed by atoms with Crippen molar-refractivity contribution in [3.05, 3.63) is 18.3 Å². The van der Waals surface area contributed by atoms with E-state index in [9.17, 15) is 4.79 Å². The average Bonchev–Trinajstić information content (AvgIpc) is 2.29. The fourth-order valence-corrected chi connectivity index (χ4v) is 1.65. The van der Waals surface area contributed by atoms with E-state index in [0.717, 1.165) is 17.7 Å². The Morgan fingerprint density at radius 1 is 1.56 bits per heavy atom. The van der Waals surface area contributed by atoms with Crippen LogP contribution in [0.5, 0.6) is 0 Å². The van der Waals surface area contributed by atoms with E-state index in [4.69, 9.17) is 10.5 Å². The summed E-state index contributed by atoms with van der Waals surface area (Å²) >= 11 is 1.40. The number of nitrogens with two attached hydrogens (primary N) is 1. The first kappa shape index (κ1) is 12.8. The predicted octanol–water partition coefficient (Wildman–Crippen LogP) is 2.10. The Morgan fingerprint density at radius 3 is 3.00 bits per heavy atom. The van der Waals surface area contributed by atoms with Crippen molar-refractivity contribution in [1.82, 2.24) is 4.98 Å². The lowest BCUT2D eigenvalue weighted by molar-refractivity contribution is -0.140. The molecule has 1 aromatic heterocycles. The number of hydrogen-bond acceptors (Lipinski definition) is 5. The molecule has 0 atom stereocenters. The summed E-state index contributed by atoms with van der Waals surface area (Å²) in [4.78, 5) is 16.1. The Labute approximate surface area is 99.6 Å². The van der Waals surface area contributed by atoms with E-state index in [2.05, 4.69) is 11.9 Å².